The van der Waals surface area contributed by atoms with Crippen LogP contribution in [0.3, 0.4) is 0 Å². The molecule has 0 unspecified atom stereocenters. The number of rotatable bonds is 4. The molecule has 1 aromatic carbocycles. The second-order valence-corrected chi connectivity index (χ2v) is 5.76. The summed E-state index contributed by atoms with van der Waals surface area (Å²) in [4.78, 5) is 13.8. The number of aryl methyl sites for hydroxylation is 1. The van der Waals surface area contributed by atoms with Crippen molar-refractivity contribution in [3.8, 4) is 0 Å². The molecule has 0 heterocycles. The summed E-state index contributed by atoms with van der Waals surface area (Å²) in [6.07, 6.45) is -0.438. The van der Waals surface area contributed by atoms with Gasteiger partial charge in [0.2, 0.25) is 0 Å². The number of carbonyl (C=O) groups is 1. The van der Waals surface area contributed by atoms with E-state index in [9.17, 15) is 18.3 Å². The van der Waals surface area contributed by atoms with E-state index in [2.05, 4.69) is 4.99 Å². The van der Waals surface area contributed by atoms with Gasteiger partial charge in [-0.2, -0.15) is 8.42 Å². The van der Waals surface area contributed by atoms with Crippen molar-refractivity contribution in [3.63, 3.8) is 0 Å². The summed E-state index contributed by atoms with van der Waals surface area (Å²) in [5, 5.41) is 11.5. The standard InChI is InChI=1S/C11H12ClNO5S.K/c1-6-3-8(12)5-9(19(16,17)18)11(6)13-10(15)4-7(2)14;/h3,5H,4H2,1-2H3,(H,13,15)(H,16,17,18);/q;+1/p-1. The molecule has 0 aliphatic heterocycles. The number of hydrogen-bond acceptors (Lipinski definition) is 5. The number of benzene rings is 1. The largest absolute Gasteiger partial charge is 1.00 e. The van der Waals surface area contributed by atoms with Crippen LogP contribution >= 0.6 is 11.6 Å². The van der Waals surface area contributed by atoms with E-state index in [1.165, 1.54) is 19.9 Å². The van der Waals surface area contributed by atoms with Gasteiger partial charge in [-0.15, -0.1) is 0 Å². The molecule has 0 aromatic heterocycles. The fourth-order valence-corrected chi connectivity index (χ4v) is 2.49. The summed E-state index contributed by atoms with van der Waals surface area (Å²) < 4.78 is 31.5. The van der Waals surface area contributed by atoms with Gasteiger partial charge >= 0.3 is 51.4 Å². The first kappa shape index (κ1) is 20.2. The zero-order valence-electron chi connectivity index (χ0n) is 11.2. The van der Waals surface area contributed by atoms with E-state index < -0.39 is 33.1 Å². The predicted octanol–water partition coefficient (Wildman–Crippen LogP) is -1.73. The zero-order chi connectivity index (χ0) is 14.8. The van der Waals surface area contributed by atoms with Gasteiger partial charge in [0.05, 0.1) is 5.69 Å². The summed E-state index contributed by atoms with van der Waals surface area (Å²) in [7, 11) is -4.57. The Kier molecular flexibility index (Phi) is 8.07. The number of halogens is 1. The van der Waals surface area contributed by atoms with Gasteiger partial charge in [0.15, 0.2) is 0 Å². The molecule has 0 aliphatic rings. The Morgan fingerprint density at radius 3 is 2.45 bits per heavy atom. The summed E-state index contributed by atoms with van der Waals surface area (Å²) in [6.45, 7) is 2.70. The molecule has 6 nitrogen and oxygen atoms in total. The number of aliphatic imine (C=N–C) groups is 1. The first-order chi connectivity index (χ1) is 8.61. The third kappa shape index (κ3) is 5.90. The van der Waals surface area contributed by atoms with Crippen LogP contribution in [0.5, 0.6) is 0 Å². The maximum Gasteiger partial charge on any atom is 1.00 e. The minimum absolute atomic E-state index is 0. The number of Topliss-reactive ketones (excluding diaryl/α,β-unsaturated/α-hetero) is 1. The first-order valence-corrected chi connectivity index (χ1v) is 6.94. The summed E-state index contributed by atoms with van der Waals surface area (Å²) in [6, 6.07) is 2.39. The second kappa shape index (κ2) is 7.99. The number of ketones is 1. The molecule has 0 radical (unpaired) electrons. The Morgan fingerprint density at radius 2 is 2.00 bits per heavy atom. The van der Waals surface area contributed by atoms with Crippen LogP contribution in [0.4, 0.5) is 5.69 Å². The van der Waals surface area contributed by atoms with Crippen molar-refractivity contribution in [3.05, 3.63) is 22.7 Å². The third-order valence-corrected chi connectivity index (χ3v) is 3.23. The van der Waals surface area contributed by atoms with Crippen molar-refractivity contribution >= 4 is 39.1 Å². The smallest absolute Gasteiger partial charge is 0.861 e. The van der Waals surface area contributed by atoms with Crippen molar-refractivity contribution < 1.29 is 74.3 Å². The van der Waals surface area contributed by atoms with Crippen molar-refractivity contribution in [1.82, 2.24) is 0 Å². The molecule has 20 heavy (non-hydrogen) atoms. The van der Waals surface area contributed by atoms with Crippen LogP contribution in [0, 0.1) is 6.92 Å². The van der Waals surface area contributed by atoms with Gasteiger partial charge in [-0.3, -0.25) is 14.3 Å². The first-order valence-electron chi connectivity index (χ1n) is 5.13. The van der Waals surface area contributed by atoms with Crippen LogP contribution in [-0.4, -0.2) is 24.7 Å². The second-order valence-electron chi connectivity index (χ2n) is 3.93. The summed E-state index contributed by atoms with van der Waals surface area (Å²) in [5.74, 6) is -1.18. The van der Waals surface area contributed by atoms with E-state index in [1.54, 1.807) is 0 Å². The molecule has 0 saturated heterocycles. The zero-order valence-corrected chi connectivity index (χ0v) is 15.9. The van der Waals surface area contributed by atoms with Gasteiger partial charge in [-0.05, 0) is 37.4 Å². The average Bonchev–Trinajstić information content (AvgIpc) is 2.18. The molecular formula is C11H11ClKNO5S. The molecule has 0 atom stereocenters. The molecule has 1 aromatic rings. The molecule has 0 spiro atoms. The van der Waals surface area contributed by atoms with Crippen LogP contribution in [-0.2, 0) is 14.9 Å². The number of carbonyl (C=O) groups excluding carboxylic acids is 1. The Hall–Kier alpha value is 0.196. The molecule has 1 rings (SSSR count). The quantitative estimate of drug-likeness (QED) is 0.302. The summed E-state index contributed by atoms with van der Waals surface area (Å²) in [5.41, 5.74) is 0.0928. The van der Waals surface area contributed by atoms with Crippen molar-refractivity contribution in [2.24, 2.45) is 4.99 Å². The molecule has 0 aliphatic carbocycles. The Labute approximate surface area is 164 Å². The van der Waals surface area contributed by atoms with Gasteiger partial charge in [-0.25, -0.2) is 0 Å². The Bertz CT molecular complexity index is 657. The predicted molar refractivity (Wildman–Crippen MR) is 68.4 cm³/mol. The van der Waals surface area contributed by atoms with Crippen LogP contribution in [0.2, 0.25) is 5.02 Å². The van der Waals surface area contributed by atoms with Crippen molar-refractivity contribution in [2.45, 2.75) is 25.2 Å². The van der Waals surface area contributed by atoms with Crippen LogP contribution < -0.4 is 56.5 Å². The minimum Gasteiger partial charge on any atom is -0.861 e. The Morgan fingerprint density at radius 1 is 1.45 bits per heavy atom. The summed E-state index contributed by atoms with van der Waals surface area (Å²) >= 11 is 5.69. The van der Waals surface area contributed by atoms with Gasteiger partial charge in [0.1, 0.15) is 10.7 Å². The molecule has 0 amide bonds. The van der Waals surface area contributed by atoms with E-state index in [4.69, 9.17) is 16.2 Å². The van der Waals surface area contributed by atoms with Gasteiger partial charge in [-0.1, -0.05) is 11.6 Å². The van der Waals surface area contributed by atoms with Crippen molar-refractivity contribution in [2.75, 3.05) is 0 Å². The monoisotopic (exact) mass is 343 g/mol. The maximum absolute atomic E-state index is 11.4. The van der Waals surface area contributed by atoms with E-state index in [1.807, 2.05) is 0 Å². The van der Waals surface area contributed by atoms with Gasteiger partial charge in [0, 0.05) is 11.4 Å². The van der Waals surface area contributed by atoms with E-state index >= 15 is 0 Å². The molecule has 0 fully saturated rings. The topological polar surface area (TPSA) is 107 Å². The normalized spacial score (nSPS) is 11.9. The molecule has 0 bridgehead atoms. The van der Waals surface area contributed by atoms with Crippen molar-refractivity contribution in [1.29, 1.82) is 0 Å². The number of hydrogen-bond donors (Lipinski definition) is 1. The molecule has 104 valence electrons. The maximum atomic E-state index is 11.4. The minimum atomic E-state index is -4.57. The van der Waals surface area contributed by atoms with Crippen LogP contribution in [0.25, 0.3) is 0 Å². The molecule has 1 N–H and O–H groups in total. The van der Waals surface area contributed by atoms with E-state index in [-0.39, 0.29) is 62.1 Å². The Balaban J connectivity index is 0.00000361. The van der Waals surface area contributed by atoms with Crippen LogP contribution in [0.1, 0.15) is 18.9 Å². The van der Waals surface area contributed by atoms with E-state index in [0.29, 0.717) is 5.56 Å². The van der Waals surface area contributed by atoms with Gasteiger partial charge in [0.25, 0.3) is 10.1 Å². The van der Waals surface area contributed by atoms with Crippen LogP contribution in [0.15, 0.2) is 22.0 Å². The fraction of sp³-hybridized carbons (Fsp3) is 0.273. The fourth-order valence-electron chi connectivity index (χ4n) is 1.42. The average molecular weight is 344 g/mol. The SMILES string of the molecule is CC(=O)CC([O-])=Nc1c(C)cc(Cl)cc1S(=O)(=O)O.[K+]. The van der Waals surface area contributed by atoms with Gasteiger partial charge < -0.3 is 5.11 Å². The van der Waals surface area contributed by atoms with E-state index in [0.717, 1.165) is 6.07 Å². The number of nitrogens with zero attached hydrogens (tertiary/aromatic N) is 1. The molecular weight excluding hydrogens is 333 g/mol. The molecule has 9 heteroatoms. The molecule has 0 saturated carbocycles. The third-order valence-electron chi connectivity index (χ3n) is 2.14.